The molecule has 0 radical (unpaired) electrons. The molecule has 2 rings (SSSR count). The van der Waals surface area contributed by atoms with E-state index in [-0.39, 0.29) is 12.2 Å². The Balaban J connectivity index is 2.70. The topological polar surface area (TPSA) is 67.5 Å². The number of aromatic hydroxyl groups is 1. The number of phenolic OH excluding ortho intramolecular Hbond substituents is 1. The molecule has 0 fully saturated rings. The van der Waals surface area contributed by atoms with Crippen LogP contribution in [0.15, 0.2) is 33.5 Å². The molecule has 4 heteroatoms. The van der Waals surface area contributed by atoms with Crippen LogP contribution in [0.25, 0.3) is 11.0 Å². The van der Waals surface area contributed by atoms with E-state index in [0.717, 1.165) is 0 Å². The van der Waals surface area contributed by atoms with Gasteiger partial charge in [0.2, 0.25) is 0 Å². The summed E-state index contributed by atoms with van der Waals surface area (Å²) in [6.07, 6.45) is 0.848. The predicted molar refractivity (Wildman–Crippen MR) is 53.9 cm³/mol. The van der Waals surface area contributed by atoms with Crippen molar-refractivity contribution in [2.24, 2.45) is 0 Å². The maximum atomic E-state index is 10.9. The summed E-state index contributed by atoms with van der Waals surface area (Å²) in [5.74, 6) is -0.0380. The third-order valence-corrected chi connectivity index (χ3v) is 2.12. The van der Waals surface area contributed by atoms with Crippen LogP contribution in [-0.4, -0.2) is 11.4 Å². The first-order valence-electron chi connectivity index (χ1n) is 4.40. The smallest absolute Gasteiger partial charge is 0.336 e. The van der Waals surface area contributed by atoms with Crippen LogP contribution >= 0.6 is 0 Å². The number of carbonyl (C=O) groups is 1. The van der Waals surface area contributed by atoms with Crippen LogP contribution < -0.4 is 5.63 Å². The van der Waals surface area contributed by atoms with Crippen molar-refractivity contribution in [2.75, 3.05) is 0 Å². The molecule has 0 bridgehead atoms. The Kier molecular flexibility index (Phi) is 2.25. The Labute approximate surface area is 84.8 Å². The molecule has 15 heavy (non-hydrogen) atoms. The van der Waals surface area contributed by atoms with Gasteiger partial charge in [-0.1, -0.05) is 0 Å². The average molecular weight is 204 g/mol. The normalized spacial score (nSPS) is 10.4. The standard InChI is InChI=1S/C11H8O4/c12-4-3-7-5-8-1-2-11(14)15-10(8)6-9(7)13/h1-2,4-6,13H,3H2. The molecule has 0 aliphatic carbocycles. The quantitative estimate of drug-likeness (QED) is 0.590. The van der Waals surface area contributed by atoms with E-state index in [1.807, 2.05) is 0 Å². The van der Waals surface area contributed by atoms with Gasteiger partial charge in [0, 0.05) is 29.5 Å². The van der Waals surface area contributed by atoms with Crippen LogP contribution in [0, 0.1) is 0 Å². The molecule has 4 nitrogen and oxygen atoms in total. The number of aldehydes is 1. The first-order chi connectivity index (χ1) is 7.20. The number of fused-ring (bicyclic) bond motifs is 1. The Bertz CT molecular complexity index is 568. The van der Waals surface area contributed by atoms with Crippen molar-refractivity contribution in [1.29, 1.82) is 0 Å². The van der Waals surface area contributed by atoms with E-state index >= 15 is 0 Å². The zero-order valence-electron chi connectivity index (χ0n) is 7.77. The van der Waals surface area contributed by atoms with Gasteiger partial charge >= 0.3 is 5.63 Å². The van der Waals surface area contributed by atoms with Crippen molar-refractivity contribution in [2.45, 2.75) is 6.42 Å². The van der Waals surface area contributed by atoms with Crippen molar-refractivity contribution in [3.8, 4) is 5.75 Å². The minimum absolute atomic E-state index is 0.0380. The molecule has 0 saturated heterocycles. The molecule has 0 unspecified atom stereocenters. The fourth-order valence-corrected chi connectivity index (χ4v) is 1.41. The molecule has 0 aliphatic heterocycles. The number of rotatable bonds is 2. The lowest BCUT2D eigenvalue weighted by Crippen LogP contribution is -1.95. The van der Waals surface area contributed by atoms with Gasteiger partial charge in [0.1, 0.15) is 17.6 Å². The van der Waals surface area contributed by atoms with Gasteiger partial charge in [0.05, 0.1) is 0 Å². The summed E-state index contributed by atoms with van der Waals surface area (Å²) in [7, 11) is 0. The monoisotopic (exact) mass is 204 g/mol. The molecular weight excluding hydrogens is 196 g/mol. The summed E-state index contributed by atoms with van der Waals surface area (Å²) in [4.78, 5) is 21.2. The lowest BCUT2D eigenvalue weighted by Gasteiger charge is -2.02. The van der Waals surface area contributed by atoms with Crippen LogP contribution in [0.5, 0.6) is 5.75 Å². The maximum Gasteiger partial charge on any atom is 0.336 e. The van der Waals surface area contributed by atoms with Crippen LogP contribution in [0.1, 0.15) is 5.56 Å². The molecule has 1 aromatic heterocycles. The summed E-state index contributed by atoms with van der Waals surface area (Å²) < 4.78 is 4.87. The van der Waals surface area contributed by atoms with Gasteiger partial charge < -0.3 is 14.3 Å². The molecule has 0 aliphatic rings. The highest BCUT2D eigenvalue weighted by atomic mass is 16.4. The Hall–Kier alpha value is -2.10. The van der Waals surface area contributed by atoms with Crippen LogP contribution in [-0.2, 0) is 11.2 Å². The van der Waals surface area contributed by atoms with E-state index in [2.05, 4.69) is 0 Å². The van der Waals surface area contributed by atoms with Gasteiger partial charge in [-0.3, -0.25) is 0 Å². The molecule has 2 aromatic rings. The molecule has 1 heterocycles. The van der Waals surface area contributed by atoms with E-state index in [0.29, 0.717) is 22.8 Å². The van der Waals surface area contributed by atoms with Crippen LogP contribution in [0.4, 0.5) is 0 Å². The van der Waals surface area contributed by atoms with Crippen LogP contribution in [0.2, 0.25) is 0 Å². The second kappa shape index (κ2) is 3.57. The maximum absolute atomic E-state index is 10.9. The largest absolute Gasteiger partial charge is 0.508 e. The molecule has 0 atom stereocenters. The van der Waals surface area contributed by atoms with Gasteiger partial charge in [0.25, 0.3) is 0 Å². The SMILES string of the molecule is O=CCc1cc2ccc(=O)oc2cc1O. The minimum Gasteiger partial charge on any atom is -0.508 e. The number of hydrogen-bond donors (Lipinski definition) is 1. The Morgan fingerprint density at radius 1 is 1.33 bits per heavy atom. The molecule has 76 valence electrons. The first-order valence-corrected chi connectivity index (χ1v) is 4.40. The van der Waals surface area contributed by atoms with Gasteiger partial charge in [-0.05, 0) is 12.1 Å². The Morgan fingerprint density at radius 3 is 2.87 bits per heavy atom. The highest BCUT2D eigenvalue weighted by molar-refractivity contribution is 5.80. The van der Waals surface area contributed by atoms with Crippen molar-refractivity contribution < 1.29 is 14.3 Å². The third kappa shape index (κ3) is 1.74. The van der Waals surface area contributed by atoms with Crippen molar-refractivity contribution in [3.63, 3.8) is 0 Å². The fourth-order valence-electron chi connectivity index (χ4n) is 1.41. The summed E-state index contributed by atoms with van der Waals surface area (Å²) in [5, 5.41) is 10.2. The molecule has 1 N–H and O–H groups in total. The predicted octanol–water partition coefficient (Wildman–Crippen LogP) is 1.24. The van der Waals surface area contributed by atoms with Crippen molar-refractivity contribution >= 4 is 17.3 Å². The van der Waals surface area contributed by atoms with E-state index < -0.39 is 5.63 Å². The molecule has 0 saturated carbocycles. The summed E-state index contributed by atoms with van der Waals surface area (Å²) in [5.41, 5.74) is 0.367. The van der Waals surface area contributed by atoms with Crippen LogP contribution in [0.3, 0.4) is 0 Å². The van der Waals surface area contributed by atoms with Crippen molar-refractivity contribution in [1.82, 2.24) is 0 Å². The molecule has 0 spiro atoms. The van der Waals surface area contributed by atoms with E-state index in [9.17, 15) is 14.7 Å². The Morgan fingerprint density at radius 2 is 2.13 bits per heavy atom. The third-order valence-electron chi connectivity index (χ3n) is 2.12. The summed E-state index contributed by atoms with van der Waals surface area (Å²) >= 11 is 0. The number of phenols is 1. The number of hydrogen-bond acceptors (Lipinski definition) is 4. The van der Waals surface area contributed by atoms with Gasteiger partial charge in [-0.25, -0.2) is 4.79 Å². The fraction of sp³-hybridized carbons (Fsp3) is 0.0909. The molecule has 0 amide bonds. The lowest BCUT2D eigenvalue weighted by molar-refractivity contribution is -0.107. The minimum atomic E-state index is -0.468. The van der Waals surface area contributed by atoms with Gasteiger partial charge in [-0.2, -0.15) is 0 Å². The summed E-state index contributed by atoms with van der Waals surface area (Å²) in [6, 6.07) is 5.86. The second-order valence-electron chi connectivity index (χ2n) is 3.14. The first kappa shape index (κ1) is 9.45. The highest BCUT2D eigenvalue weighted by Crippen LogP contribution is 2.23. The summed E-state index contributed by atoms with van der Waals surface area (Å²) in [6.45, 7) is 0. The van der Waals surface area contributed by atoms with E-state index in [4.69, 9.17) is 4.42 Å². The highest BCUT2D eigenvalue weighted by Gasteiger charge is 2.05. The van der Waals surface area contributed by atoms with E-state index in [1.165, 1.54) is 12.1 Å². The second-order valence-corrected chi connectivity index (χ2v) is 3.14. The number of carbonyl (C=O) groups excluding carboxylic acids is 1. The number of benzene rings is 1. The van der Waals surface area contributed by atoms with E-state index in [1.54, 1.807) is 12.1 Å². The molecular formula is C11H8O4. The van der Waals surface area contributed by atoms with Crippen molar-refractivity contribution in [3.05, 3.63) is 40.2 Å². The zero-order valence-corrected chi connectivity index (χ0v) is 7.77. The van der Waals surface area contributed by atoms with Gasteiger partial charge in [-0.15, -0.1) is 0 Å². The molecule has 1 aromatic carbocycles. The van der Waals surface area contributed by atoms with Gasteiger partial charge in [0.15, 0.2) is 0 Å². The zero-order chi connectivity index (χ0) is 10.8. The lowest BCUT2D eigenvalue weighted by atomic mass is 10.1. The average Bonchev–Trinajstić information content (AvgIpc) is 2.20.